The first kappa shape index (κ1) is 17.0. The summed E-state index contributed by atoms with van der Waals surface area (Å²) < 4.78 is 17.4. The Bertz CT molecular complexity index is 1070. The van der Waals surface area contributed by atoms with Crippen molar-refractivity contribution >= 4 is 5.97 Å². The van der Waals surface area contributed by atoms with Gasteiger partial charge in [0.15, 0.2) is 11.5 Å². The molecule has 0 fully saturated rings. The molecule has 2 aromatic heterocycles. The van der Waals surface area contributed by atoms with E-state index in [1.807, 2.05) is 25.1 Å². The first-order valence-electron chi connectivity index (χ1n) is 8.46. The van der Waals surface area contributed by atoms with Crippen molar-refractivity contribution in [2.24, 2.45) is 7.05 Å². The molecule has 0 bridgehead atoms. The Labute approximate surface area is 154 Å². The maximum absolute atomic E-state index is 12.0. The normalized spacial score (nSPS) is 15.3. The highest BCUT2D eigenvalue weighted by Crippen LogP contribution is 2.33. The molecule has 0 saturated heterocycles. The van der Waals surface area contributed by atoms with Crippen molar-refractivity contribution in [3.63, 3.8) is 0 Å². The van der Waals surface area contributed by atoms with Gasteiger partial charge in [0, 0.05) is 31.2 Å². The van der Waals surface area contributed by atoms with Gasteiger partial charge >= 0.3 is 5.97 Å². The number of aromatic nitrogens is 3. The quantitative estimate of drug-likeness (QED) is 0.652. The van der Waals surface area contributed by atoms with E-state index in [4.69, 9.17) is 14.0 Å². The number of hydrogen-bond acceptors (Lipinski definition) is 7. The van der Waals surface area contributed by atoms with Crippen molar-refractivity contribution in [1.29, 1.82) is 0 Å². The smallest absolute Gasteiger partial charge is 0.359 e. The van der Waals surface area contributed by atoms with Gasteiger partial charge in [0.25, 0.3) is 5.56 Å². The van der Waals surface area contributed by atoms with Crippen LogP contribution in [0.4, 0.5) is 0 Å². The number of benzene rings is 1. The van der Waals surface area contributed by atoms with Gasteiger partial charge in [0.05, 0.1) is 0 Å². The van der Waals surface area contributed by atoms with E-state index in [-0.39, 0.29) is 24.0 Å². The van der Waals surface area contributed by atoms with Crippen molar-refractivity contribution in [3.8, 4) is 17.1 Å². The highest BCUT2D eigenvalue weighted by molar-refractivity contribution is 5.86. The monoisotopic (exact) mass is 367 g/mol. The summed E-state index contributed by atoms with van der Waals surface area (Å²) in [5.74, 6) is 0.771. The van der Waals surface area contributed by atoms with Gasteiger partial charge in [-0.05, 0) is 24.6 Å². The average Bonchev–Trinajstić information content (AvgIpc) is 3.26. The van der Waals surface area contributed by atoms with Crippen LogP contribution in [0, 0.1) is 0 Å². The molecule has 1 aliphatic heterocycles. The minimum atomic E-state index is -0.643. The second-order valence-electron chi connectivity index (χ2n) is 6.39. The molecule has 0 spiro atoms. The summed E-state index contributed by atoms with van der Waals surface area (Å²) in [5, 5.41) is 7.78. The Kier molecular flexibility index (Phi) is 4.23. The Morgan fingerprint density at radius 3 is 2.96 bits per heavy atom. The van der Waals surface area contributed by atoms with E-state index in [2.05, 4.69) is 10.3 Å². The van der Waals surface area contributed by atoms with Crippen LogP contribution in [0.1, 0.15) is 28.7 Å². The molecule has 0 unspecified atom stereocenters. The fourth-order valence-electron chi connectivity index (χ4n) is 2.89. The molecule has 0 aliphatic carbocycles. The fraction of sp³-hybridized carbons (Fsp3) is 0.263. The molecule has 4 rings (SSSR count). The van der Waals surface area contributed by atoms with Gasteiger partial charge in [-0.1, -0.05) is 17.3 Å². The van der Waals surface area contributed by atoms with Crippen molar-refractivity contribution in [1.82, 2.24) is 14.9 Å². The maximum atomic E-state index is 12.0. The first-order chi connectivity index (χ1) is 13.0. The number of rotatable bonds is 4. The number of nitrogens with zero attached hydrogens (tertiary/aromatic N) is 3. The maximum Gasteiger partial charge on any atom is 0.359 e. The number of fused-ring (bicyclic) bond motifs is 1. The van der Waals surface area contributed by atoms with Crippen molar-refractivity contribution in [3.05, 3.63) is 63.7 Å². The predicted octanol–water partition coefficient (Wildman–Crippen LogP) is 2.12. The van der Waals surface area contributed by atoms with Crippen LogP contribution in [0.25, 0.3) is 11.3 Å². The Hall–Kier alpha value is -3.42. The highest BCUT2D eigenvalue weighted by atomic mass is 16.5. The van der Waals surface area contributed by atoms with Crippen LogP contribution in [-0.4, -0.2) is 27.0 Å². The average molecular weight is 367 g/mol. The molecule has 3 aromatic rings. The third kappa shape index (κ3) is 3.46. The standard InChI is InChI=1S/C19H17N3O5/c1-11-7-12-3-4-13(8-16(12)26-11)17-9-14(21-27-17)10-25-19(24)15-5-6-18(23)22(2)20-15/h3-6,8-9,11H,7,10H2,1-2H3/t11-/m0/s1. The van der Waals surface area contributed by atoms with Gasteiger partial charge in [0.2, 0.25) is 0 Å². The number of aryl methyl sites for hydroxylation is 1. The van der Waals surface area contributed by atoms with Crippen LogP contribution < -0.4 is 10.3 Å². The molecule has 1 atom stereocenters. The van der Waals surface area contributed by atoms with Crippen LogP contribution in [-0.2, 0) is 24.8 Å². The lowest BCUT2D eigenvalue weighted by atomic mass is 10.1. The SMILES string of the molecule is C[C@H]1Cc2ccc(-c3cc(COC(=O)c4ccc(=O)n(C)n4)no3)cc2O1. The van der Waals surface area contributed by atoms with Gasteiger partial charge in [0.1, 0.15) is 24.2 Å². The molecule has 1 aliphatic rings. The number of ether oxygens (including phenoxy) is 2. The summed E-state index contributed by atoms with van der Waals surface area (Å²) in [6.45, 7) is 1.96. The Balaban J connectivity index is 1.44. The van der Waals surface area contributed by atoms with Crippen molar-refractivity contribution < 1.29 is 18.8 Å². The van der Waals surface area contributed by atoms with Crippen LogP contribution in [0.15, 0.2) is 45.7 Å². The predicted molar refractivity (Wildman–Crippen MR) is 94.3 cm³/mol. The Morgan fingerprint density at radius 2 is 2.15 bits per heavy atom. The lowest BCUT2D eigenvalue weighted by Crippen LogP contribution is -2.21. The molecule has 0 saturated carbocycles. The van der Waals surface area contributed by atoms with Gasteiger partial charge in [-0.15, -0.1) is 0 Å². The zero-order valence-electron chi connectivity index (χ0n) is 14.8. The minimum Gasteiger partial charge on any atom is -0.490 e. The van der Waals surface area contributed by atoms with Crippen LogP contribution in [0.3, 0.4) is 0 Å². The molecular weight excluding hydrogens is 350 g/mol. The topological polar surface area (TPSA) is 96.5 Å². The second-order valence-corrected chi connectivity index (χ2v) is 6.39. The zero-order valence-corrected chi connectivity index (χ0v) is 14.8. The molecule has 1 aromatic carbocycles. The largest absolute Gasteiger partial charge is 0.490 e. The van der Waals surface area contributed by atoms with Crippen LogP contribution >= 0.6 is 0 Å². The van der Waals surface area contributed by atoms with Gasteiger partial charge < -0.3 is 14.0 Å². The summed E-state index contributed by atoms with van der Waals surface area (Å²) in [5.41, 5.74) is 2.22. The molecule has 0 N–H and O–H groups in total. The summed E-state index contributed by atoms with van der Waals surface area (Å²) in [6, 6.07) is 10.2. The minimum absolute atomic E-state index is 0.0470. The lowest BCUT2D eigenvalue weighted by molar-refractivity contribution is 0.0454. The Morgan fingerprint density at radius 1 is 1.30 bits per heavy atom. The van der Waals surface area contributed by atoms with Crippen LogP contribution in [0.2, 0.25) is 0 Å². The molecule has 8 heteroatoms. The van der Waals surface area contributed by atoms with E-state index in [9.17, 15) is 9.59 Å². The molecular formula is C19H17N3O5. The first-order valence-corrected chi connectivity index (χ1v) is 8.46. The molecule has 0 amide bonds. The van der Waals surface area contributed by atoms with Gasteiger partial charge in [-0.2, -0.15) is 5.10 Å². The summed E-state index contributed by atoms with van der Waals surface area (Å²) in [6.07, 6.45) is 1.07. The van der Waals surface area contributed by atoms with E-state index >= 15 is 0 Å². The molecule has 8 nitrogen and oxygen atoms in total. The van der Waals surface area contributed by atoms with Crippen LogP contribution in [0.5, 0.6) is 5.75 Å². The van der Waals surface area contributed by atoms with E-state index in [1.54, 1.807) is 6.07 Å². The summed E-state index contributed by atoms with van der Waals surface area (Å²) in [4.78, 5) is 23.4. The molecule has 0 radical (unpaired) electrons. The fourth-order valence-corrected chi connectivity index (χ4v) is 2.89. The number of hydrogen-bond donors (Lipinski definition) is 0. The van der Waals surface area contributed by atoms with E-state index in [0.717, 1.165) is 22.4 Å². The summed E-state index contributed by atoms with van der Waals surface area (Å²) in [7, 11) is 1.46. The van der Waals surface area contributed by atoms with Gasteiger partial charge in [-0.3, -0.25) is 4.79 Å². The van der Waals surface area contributed by atoms with Crippen molar-refractivity contribution in [2.45, 2.75) is 26.1 Å². The number of carbonyl (C=O) groups excluding carboxylic acids is 1. The summed E-state index contributed by atoms with van der Waals surface area (Å²) >= 11 is 0. The molecule has 138 valence electrons. The zero-order chi connectivity index (χ0) is 19.0. The van der Waals surface area contributed by atoms with Gasteiger partial charge in [-0.25, -0.2) is 9.48 Å². The number of carbonyl (C=O) groups is 1. The van der Waals surface area contributed by atoms with E-state index < -0.39 is 5.97 Å². The molecule has 3 heterocycles. The lowest BCUT2D eigenvalue weighted by Gasteiger charge is -2.03. The van der Waals surface area contributed by atoms with Crippen molar-refractivity contribution in [2.75, 3.05) is 0 Å². The third-order valence-electron chi connectivity index (χ3n) is 4.27. The highest BCUT2D eigenvalue weighted by Gasteiger charge is 2.20. The second kappa shape index (κ2) is 6.71. The number of esters is 1. The molecule has 27 heavy (non-hydrogen) atoms. The van der Waals surface area contributed by atoms with E-state index in [1.165, 1.54) is 24.7 Å². The third-order valence-corrected chi connectivity index (χ3v) is 4.27. The van der Waals surface area contributed by atoms with E-state index in [0.29, 0.717) is 11.5 Å².